The number of H-pyrrole nitrogens is 1. The minimum atomic E-state index is -0.0845. The molecule has 1 fully saturated rings. The zero-order chi connectivity index (χ0) is 18.6. The minimum Gasteiger partial charge on any atom is -0.353 e. The minimum absolute atomic E-state index is 0.0845. The van der Waals surface area contributed by atoms with Crippen molar-refractivity contribution >= 4 is 17.0 Å². The molecule has 4 N–H and O–H groups in total. The summed E-state index contributed by atoms with van der Waals surface area (Å²) in [5, 5.41) is 3.64. The van der Waals surface area contributed by atoms with Gasteiger partial charge in [-0.25, -0.2) is 4.98 Å². The van der Waals surface area contributed by atoms with Crippen molar-refractivity contribution in [2.75, 3.05) is 31.5 Å². The Hall–Kier alpha value is -2.64. The second-order valence-corrected chi connectivity index (χ2v) is 7.10. The second-order valence-electron chi connectivity index (χ2n) is 7.10. The number of nitrogens with zero attached hydrogens (tertiary/aromatic N) is 3. The summed E-state index contributed by atoms with van der Waals surface area (Å²) in [4.78, 5) is 21.8. The summed E-state index contributed by atoms with van der Waals surface area (Å²) < 4.78 is 2.15. The number of aromatic nitrogens is 3. The van der Waals surface area contributed by atoms with Gasteiger partial charge in [0.05, 0.1) is 17.6 Å². The molecule has 0 radical (unpaired) electrons. The van der Waals surface area contributed by atoms with E-state index in [0.29, 0.717) is 19.1 Å². The molecule has 142 valence electrons. The highest BCUT2D eigenvalue weighted by atomic mass is 16.1. The first-order valence-corrected chi connectivity index (χ1v) is 9.55. The van der Waals surface area contributed by atoms with E-state index >= 15 is 0 Å². The molecule has 2 aromatic heterocycles. The number of nitrogens with one attached hydrogen (secondary N) is 2. The number of hydrogen-bond donors (Lipinski definition) is 3. The van der Waals surface area contributed by atoms with Crippen molar-refractivity contribution in [3.8, 4) is 0 Å². The van der Waals surface area contributed by atoms with Crippen LogP contribution in [-0.2, 0) is 6.54 Å². The first kappa shape index (κ1) is 17.8. The maximum atomic E-state index is 11.7. The van der Waals surface area contributed by atoms with Crippen molar-refractivity contribution in [1.29, 1.82) is 0 Å². The molecule has 1 aromatic carbocycles. The van der Waals surface area contributed by atoms with Crippen molar-refractivity contribution in [3.05, 3.63) is 58.5 Å². The van der Waals surface area contributed by atoms with Gasteiger partial charge in [0.1, 0.15) is 0 Å². The predicted molar refractivity (Wildman–Crippen MR) is 108 cm³/mol. The van der Waals surface area contributed by atoms with Crippen LogP contribution < -0.4 is 16.6 Å². The van der Waals surface area contributed by atoms with Gasteiger partial charge in [0, 0.05) is 44.0 Å². The lowest BCUT2D eigenvalue weighted by atomic mass is 10.1. The fourth-order valence-electron chi connectivity index (χ4n) is 3.77. The van der Waals surface area contributed by atoms with Crippen LogP contribution in [0.5, 0.6) is 0 Å². The van der Waals surface area contributed by atoms with Crippen LogP contribution in [0.2, 0.25) is 0 Å². The number of imidazole rings is 1. The third-order valence-corrected chi connectivity index (χ3v) is 5.18. The van der Waals surface area contributed by atoms with Crippen molar-refractivity contribution in [2.45, 2.75) is 25.4 Å². The lowest BCUT2D eigenvalue weighted by molar-refractivity contribution is 0.224. The first-order chi connectivity index (χ1) is 13.2. The normalized spacial score (nSPS) is 16.0. The highest BCUT2D eigenvalue weighted by molar-refractivity contribution is 5.78. The molecule has 1 aliphatic rings. The van der Waals surface area contributed by atoms with Crippen LogP contribution in [0, 0.1) is 0 Å². The number of pyridine rings is 1. The topological polar surface area (TPSA) is 92.0 Å². The van der Waals surface area contributed by atoms with Crippen LogP contribution >= 0.6 is 0 Å². The summed E-state index contributed by atoms with van der Waals surface area (Å²) in [6, 6.07) is 13.8. The Balaban J connectivity index is 1.58. The van der Waals surface area contributed by atoms with Crippen LogP contribution in [0.3, 0.4) is 0 Å². The third kappa shape index (κ3) is 4.04. The molecule has 0 bridgehead atoms. The average Bonchev–Trinajstić information content (AvgIpc) is 3.01. The predicted octanol–water partition coefficient (Wildman–Crippen LogP) is 1.61. The molecule has 0 atom stereocenters. The number of piperidine rings is 1. The van der Waals surface area contributed by atoms with Crippen molar-refractivity contribution in [2.24, 2.45) is 5.73 Å². The molecule has 0 saturated carbocycles. The van der Waals surface area contributed by atoms with Crippen molar-refractivity contribution < 1.29 is 0 Å². The smallest absolute Gasteiger partial charge is 0.248 e. The van der Waals surface area contributed by atoms with Gasteiger partial charge < -0.3 is 25.5 Å². The van der Waals surface area contributed by atoms with Gasteiger partial charge in [-0.2, -0.15) is 0 Å². The number of fused-ring (bicyclic) bond motifs is 1. The first-order valence-electron chi connectivity index (χ1n) is 9.55. The summed E-state index contributed by atoms with van der Waals surface area (Å²) in [6.07, 6.45) is 2.15. The Morgan fingerprint density at radius 3 is 2.74 bits per heavy atom. The average molecular weight is 366 g/mol. The number of anilines is 1. The fourth-order valence-corrected chi connectivity index (χ4v) is 3.77. The van der Waals surface area contributed by atoms with Crippen molar-refractivity contribution in [3.63, 3.8) is 0 Å². The van der Waals surface area contributed by atoms with E-state index < -0.39 is 0 Å². The molecule has 0 amide bonds. The van der Waals surface area contributed by atoms with Gasteiger partial charge in [-0.15, -0.1) is 0 Å². The molecule has 3 aromatic rings. The summed E-state index contributed by atoms with van der Waals surface area (Å²) in [5.74, 6) is 0.859. The van der Waals surface area contributed by atoms with Gasteiger partial charge in [-0.05, 0) is 31.0 Å². The van der Waals surface area contributed by atoms with E-state index in [2.05, 4.69) is 25.8 Å². The van der Waals surface area contributed by atoms with E-state index in [-0.39, 0.29) is 5.56 Å². The number of benzene rings is 1. The maximum Gasteiger partial charge on any atom is 0.248 e. The molecule has 0 unspecified atom stereocenters. The lowest BCUT2D eigenvalue weighted by Crippen LogP contribution is -2.41. The monoisotopic (exact) mass is 366 g/mol. The molecule has 7 heteroatoms. The summed E-state index contributed by atoms with van der Waals surface area (Å²) in [6.45, 7) is 4.36. The third-order valence-electron chi connectivity index (χ3n) is 5.18. The highest BCUT2D eigenvalue weighted by Crippen LogP contribution is 2.23. The van der Waals surface area contributed by atoms with E-state index in [1.165, 1.54) is 6.07 Å². The quantitative estimate of drug-likeness (QED) is 0.616. The molecule has 1 saturated heterocycles. The number of aromatic amines is 1. The summed E-state index contributed by atoms with van der Waals surface area (Å²) in [5.41, 5.74) is 8.47. The lowest BCUT2D eigenvalue weighted by Gasteiger charge is -2.32. The molecule has 0 aliphatic carbocycles. The number of rotatable bonds is 6. The fraction of sp³-hybridized carbons (Fsp3) is 0.400. The number of para-hydroxylation sites is 2. The van der Waals surface area contributed by atoms with E-state index in [4.69, 9.17) is 10.7 Å². The van der Waals surface area contributed by atoms with Crippen molar-refractivity contribution in [1.82, 2.24) is 19.4 Å². The number of likely N-dealkylation sites (tertiary alicyclic amines) is 1. The van der Waals surface area contributed by atoms with E-state index in [0.717, 1.165) is 55.2 Å². The second kappa shape index (κ2) is 7.94. The summed E-state index contributed by atoms with van der Waals surface area (Å²) >= 11 is 0. The Kier molecular flexibility index (Phi) is 5.22. The van der Waals surface area contributed by atoms with Gasteiger partial charge in [0.2, 0.25) is 11.5 Å². The van der Waals surface area contributed by atoms with Crippen LogP contribution in [0.25, 0.3) is 11.0 Å². The Morgan fingerprint density at radius 1 is 1.15 bits per heavy atom. The van der Waals surface area contributed by atoms with Crippen LogP contribution in [0.15, 0.2) is 47.3 Å². The summed E-state index contributed by atoms with van der Waals surface area (Å²) in [7, 11) is 0. The van der Waals surface area contributed by atoms with E-state index in [9.17, 15) is 4.79 Å². The van der Waals surface area contributed by atoms with Gasteiger partial charge in [0.15, 0.2) is 0 Å². The standard InChI is InChI=1S/C20H26N6O/c21-10-13-25-11-8-15(9-12-25)23-20-24-17-5-1-2-6-18(17)26(20)14-16-4-3-7-19(27)22-16/h1-7,15H,8-14,21H2,(H,22,27)(H,23,24). The van der Waals surface area contributed by atoms with E-state index in [1.807, 2.05) is 24.3 Å². The maximum absolute atomic E-state index is 11.7. The number of nitrogens with two attached hydrogens (primary N) is 1. The molecule has 4 rings (SSSR count). The Bertz CT molecular complexity index is 954. The van der Waals surface area contributed by atoms with Crippen LogP contribution in [-0.4, -0.2) is 51.7 Å². The molecule has 7 nitrogen and oxygen atoms in total. The molecule has 3 heterocycles. The van der Waals surface area contributed by atoms with E-state index in [1.54, 1.807) is 6.07 Å². The molecular weight excluding hydrogens is 340 g/mol. The molecule has 0 spiro atoms. The van der Waals surface area contributed by atoms with Gasteiger partial charge >= 0.3 is 0 Å². The largest absolute Gasteiger partial charge is 0.353 e. The van der Waals surface area contributed by atoms with Gasteiger partial charge in [-0.1, -0.05) is 18.2 Å². The number of hydrogen-bond acceptors (Lipinski definition) is 5. The van der Waals surface area contributed by atoms with Crippen LogP contribution in [0.4, 0.5) is 5.95 Å². The SMILES string of the molecule is NCCN1CCC(Nc2nc3ccccc3n2Cc2cccc(=O)[nH]2)CC1. The van der Waals surface area contributed by atoms with Crippen LogP contribution in [0.1, 0.15) is 18.5 Å². The van der Waals surface area contributed by atoms with Gasteiger partial charge in [0.25, 0.3) is 0 Å². The molecule has 27 heavy (non-hydrogen) atoms. The Morgan fingerprint density at radius 2 is 1.96 bits per heavy atom. The molecular formula is C20H26N6O. The highest BCUT2D eigenvalue weighted by Gasteiger charge is 2.21. The zero-order valence-corrected chi connectivity index (χ0v) is 15.4. The Labute approximate surface area is 158 Å². The zero-order valence-electron chi connectivity index (χ0n) is 15.4. The molecule has 1 aliphatic heterocycles. The van der Waals surface area contributed by atoms with Gasteiger partial charge in [-0.3, -0.25) is 4.79 Å².